The molecule has 0 saturated carbocycles. The summed E-state index contributed by atoms with van der Waals surface area (Å²) in [5.41, 5.74) is 0.293. The highest BCUT2D eigenvalue weighted by atomic mass is 35.5. The molecule has 3 aromatic rings. The molecule has 10 heteroatoms. The summed E-state index contributed by atoms with van der Waals surface area (Å²) in [6.07, 6.45) is 2.82. The van der Waals surface area contributed by atoms with Crippen molar-refractivity contribution in [1.29, 1.82) is 0 Å². The molecule has 126 valence electrons. The summed E-state index contributed by atoms with van der Waals surface area (Å²) in [5, 5.41) is 22.1. The van der Waals surface area contributed by atoms with Gasteiger partial charge < -0.3 is 4.74 Å². The van der Waals surface area contributed by atoms with Gasteiger partial charge in [0.15, 0.2) is 0 Å². The van der Waals surface area contributed by atoms with E-state index in [1.165, 1.54) is 29.4 Å². The number of hydrogen-bond donors (Lipinski definition) is 1. The SMILES string of the molecule is O=[N+]([O-])c1cc(/C=N\n2cn[nH]c2=S)ccc1Oc1ccccc1Cl. The Balaban J connectivity index is 1.92. The summed E-state index contributed by atoms with van der Waals surface area (Å²) in [7, 11) is 0. The number of aromatic amines is 1. The molecular weight excluding hydrogens is 366 g/mol. The molecule has 3 rings (SSSR count). The maximum atomic E-state index is 11.3. The maximum Gasteiger partial charge on any atom is 0.312 e. The van der Waals surface area contributed by atoms with Crippen LogP contribution in [-0.4, -0.2) is 26.0 Å². The van der Waals surface area contributed by atoms with Crippen molar-refractivity contribution >= 4 is 35.7 Å². The van der Waals surface area contributed by atoms with Crippen LogP contribution in [0.15, 0.2) is 53.9 Å². The number of halogens is 1. The standard InChI is InChI=1S/C15H10ClN5O3S/c16-11-3-1-2-4-13(11)24-14-6-5-10(7-12(14)21(22)23)8-18-20-9-17-19-15(20)25/h1-9H,(H,19,25)/b18-8-. The normalized spacial score (nSPS) is 10.9. The number of nitro groups is 1. The molecule has 8 nitrogen and oxygen atoms in total. The van der Waals surface area contributed by atoms with Gasteiger partial charge in [-0.15, -0.1) is 0 Å². The molecule has 0 spiro atoms. The quantitative estimate of drug-likeness (QED) is 0.312. The van der Waals surface area contributed by atoms with Crippen LogP contribution in [0.4, 0.5) is 5.69 Å². The third-order valence-corrected chi connectivity index (χ3v) is 3.69. The van der Waals surface area contributed by atoms with Crippen LogP contribution in [0.25, 0.3) is 0 Å². The topological polar surface area (TPSA) is 98.3 Å². The minimum Gasteiger partial charge on any atom is -0.449 e. The van der Waals surface area contributed by atoms with Gasteiger partial charge in [0.05, 0.1) is 16.2 Å². The van der Waals surface area contributed by atoms with Gasteiger partial charge in [0.1, 0.15) is 12.1 Å². The van der Waals surface area contributed by atoms with Gasteiger partial charge in [0.25, 0.3) is 0 Å². The van der Waals surface area contributed by atoms with Gasteiger partial charge in [-0.05, 0) is 36.5 Å². The smallest absolute Gasteiger partial charge is 0.312 e. The fourth-order valence-corrected chi connectivity index (χ4v) is 2.26. The van der Waals surface area contributed by atoms with Crippen molar-refractivity contribution < 1.29 is 9.66 Å². The number of nitro benzene ring substituents is 1. The summed E-state index contributed by atoms with van der Waals surface area (Å²) in [5.74, 6) is 0.411. The number of rotatable bonds is 5. The van der Waals surface area contributed by atoms with Crippen LogP contribution in [0.5, 0.6) is 11.5 Å². The molecule has 0 atom stereocenters. The number of hydrogen-bond acceptors (Lipinski definition) is 6. The van der Waals surface area contributed by atoms with Gasteiger partial charge in [-0.1, -0.05) is 23.7 Å². The van der Waals surface area contributed by atoms with E-state index < -0.39 is 4.92 Å². The van der Waals surface area contributed by atoms with E-state index in [4.69, 9.17) is 28.6 Å². The fraction of sp³-hybridized carbons (Fsp3) is 0. The third kappa shape index (κ3) is 3.90. The molecular formula is C15H10ClN5O3S. The molecule has 0 aliphatic rings. The van der Waals surface area contributed by atoms with E-state index in [1.807, 2.05) is 0 Å². The Kier molecular flexibility index (Phi) is 4.87. The first-order chi connectivity index (χ1) is 12.0. The highest BCUT2D eigenvalue weighted by Crippen LogP contribution is 2.35. The van der Waals surface area contributed by atoms with Gasteiger partial charge in [-0.2, -0.15) is 14.9 Å². The minimum atomic E-state index is -0.535. The Morgan fingerprint density at radius 3 is 2.80 bits per heavy atom. The van der Waals surface area contributed by atoms with Crippen LogP contribution in [0.3, 0.4) is 0 Å². The summed E-state index contributed by atoms with van der Waals surface area (Å²) in [6.45, 7) is 0. The summed E-state index contributed by atoms with van der Waals surface area (Å²) < 4.78 is 7.21. The van der Waals surface area contributed by atoms with Crippen LogP contribution in [0.2, 0.25) is 5.02 Å². The highest BCUT2D eigenvalue weighted by molar-refractivity contribution is 7.71. The van der Waals surface area contributed by atoms with Crippen molar-refractivity contribution in [1.82, 2.24) is 14.9 Å². The van der Waals surface area contributed by atoms with Crippen LogP contribution in [-0.2, 0) is 0 Å². The van der Waals surface area contributed by atoms with Gasteiger partial charge in [0.2, 0.25) is 10.5 Å². The lowest BCUT2D eigenvalue weighted by Gasteiger charge is -2.08. The molecule has 0 saturated heterocycles. The van der Waals surface area contributed by atoms with Crippen LogP contribution >= 0.6 is 23.8 Å². The van der Waals surface area contributed by atoms with E-state index in [1.54, 1.807) is 30.3 Å². The molecule has 0 radical (unpaired) electrons. The zero-order chi connectivity index (χ0) is 17.8. The first kappa shape index (κ1) is 16.8. The predicted octanol–water partition coefficient (Wildman–Crippen LogP) is 4.18. The molecule has 0 aliphatic heterocycles. The number of aromatic nitrogens is 3. The number of nitrogens with one attached hydrogen (secondary N) is 1. The number of ether oxygens (including phenoxy) is 1. The van der Waals surface area contributed by atoms with Gasteiger partial charge in [-0.25, -0.2) is 0 Å². The second-order valence-corrected chi connectivity index (χ2v) is 5.56. The van der Waals surface area contributed by atoms with Gasteiger partial charge in [0, 0.05) is 11.6 Å². The largest absolute Gasteiger partial charge is 0.449 e. The maximum absolute atomic E-state index is 11.3. The average molecular weight is 376 g/mol. The van der Waals surface area contributed by atoms with E-state index in [2.05, 4.69) is 15.3 Å². The lowest BCUT2D eigenvalue weighted by Crippen LogP contribution is -1.96. The monoisotopic (exact) mass is 375 g/mol. The molecule has 0 aliphatic carbocycles. The number of benzene rings is 2. The van der Waals surface area contributed by atoms with E-state index in [9.17, 15) is 10.1 Å². The van der Waals surface area contributed by atoms with Crippen molar-refractivity contribution in [3.63, 3.8) is 0 Å². The third-order valence-electron chi connectivity index (χ3n) is 3.10. The summed E-state index contributed by atoms with van der Waals surface area (Å²) in [6, 6.07) is 11.2. The summed E-state index contributed by atoms with van der Waals surface area (Å²) >= 11 is 11.0. The lowest BCUT2D eigenvalue weighted by molar-refractivity contribution is -0.385. The van der Waals surface area contributed by atoms with Gasteiger partial charge in [-0.3, -0.25) is 15.2 Å². The molecule has 2 aromatic carbocycles. The Morgan fingerprint density at radius 1 is 1.32 bits per heavy atom. The second-order valence-electron chi connectivity index (χ2n) is 4.77. The molecule has 1 N–H and O–H groups in total. The summed E-state index contributed by atoms with van der Waals surface area (Å²) in [4.78, 5) is 10.8. The molecule has 0 bridgehead atoms. The van der Waals surface area contributed by atoms with Crippen molar-refractivity contribution in [2.24, 2.45) is 5.10 Å². The Hall–Kier alpha value is -3.04. The highest BCUT2D eigenvalue weighted by Gasteiger charge is 2.17. The van der Waals surface area contributed by atoms with Crippen molar-refractivity contribution in [2.45, 2.75) is 0 Å². The Bertz CT molecular complexity index is 1010. The molecule has 1 heterocycles. The lowest BCUT2D eigenvalue weighted by atomic mass is 10.2. The van der Waals surface area contributed by atoms with Crippen LogP contribution in [0, 0.1) is 14.9 Å². The van der Waals surface area contributed by atoms with Crippen molar-refractivity contribution in [3.05, 3.63) is 74.3 Å². The molecule has 0 amide bonds. The average Bonchev–Trinajstić information content (AvgIpc) is 3.01. The zero-order valence-corrected chi connectivity index (χ0v) is 14.1. The van der Waals surface area contributed by atoms with E-state index in [0.29, 0.717) is 21.1 Å². The number of H-pyrrole nitrogens is 1. The number of nitrogens with zero attached hydrogens (tertiary/aromatic N) is 4. The van der Waals surface area contributed by atoms with E-state index >= 15 is 0 Å². The molecule has 0 unspecified atom stereocenters. The van der Waals surface area contributed by atoms with Crippen LogP contribution in [0.1, 0.15) is 5.56 Å². The van der Waals surface area contributed by atoms with Crippen molar-refractivity contribution in [3.8, 4) is 11.5 Å². The molecule has 25 heavy (non-hydrogen) atoms. The van der Waals surface area contributed by atoms with Crippen LogP contribution < -0.4 is 4.74 Å². The fourth-order valence-electron chi connectivity index (χ4n) is 1.94. The van der Waals surface area contributed by atoms with Crippen molar-refractivity contribution in [2.75, 3.05) is 0 Å². The van der Waals surface area contributed by atoms with E-state index in [-0.39, 0.29) is 11.4 Å². The minimum absolute atomic E-state index is 0.0789. The first-order valence-corrected chi connectivity index (χ1v) is 7.70. The predicted molar refractivity (Wildman–Crippen MR) is 95.0 cm³/mol. The Morgan fingerprint density at radius 2 is 2.12 bits per heavy atom. The Labute approximate surface area is 151 Å². The molecule has 0 fully saturated rings. The first-order valence-electron chi connectivity index (χ1n) is 6.92. The number of para-hydroxylation sites is 1. The molecule has 1 aromatic heterocycles. The van der Waals surface area contributed by atoms with E-state index in [0.717, 1.165) is 0 Å². The zero-order valence-electron chi connectivity index (χ0n) is 12.5. The van der Waals surface area contributed by atoms with Gasteiger partial charge >= 0.3 is 5.69 Å². The second kappa shape index (κ2) is 7.24.